The number of aromatic nitrogens is 5. The van der Waals surface area contributed by atoms with Crippen molar-refractivity contribution >= 4 is 17.4 Å². The number of likely N-dealkylation sites (tertiary alicyclic amines) is 1. The van der Waals surface area contributed by atoms with E-state index < -0.39 is 0 Å². The number of amides is 1. The highest BCUT2D eigenvalue weighted by atomic mass is 32.1. The van der Waals surface area contributed by atoms with Gasteiger partial charge in [-0.2, -0.15) is 0 Å². The predicted octanol–water partition coefficient (Wildman–Crippen LogP) is 2.87. The quantitative estimate of drug-likeness (QED) is 0.652. The van der Waals surface area contributed by atoms with E-state index in [0.29, 0.717) is 10.8 Å². The number of carbonyl (C=O) groups is 1. The van der Waals surface area contributed by atoms with Gasteiger partial charge in [-0.15, -0.1) is 5.10 Å². The third kappa shape index (κ3) is 3.54. The van der Waals surface area contributed by atoms with Crippen LogP contribution in [0.25, 0.3) is 11.3 Å². The predicted molar refractivity (Wildman–Crippen MR) is 104 cm³/mol. The van der Waals surface area contributed by atoms with Crippen LogP contribution in [-0.4, -0.2) is 48.6 Å². The Morgan fingerprint density at radius 1 is 1.36 bits per heavy atom. The van der Waals surface area contributed by atoms with Gasteiger partial charge in [0.25, 0.3) is 5.91 Å². The monoisotopic (exact) mass is 398 g/mol. The van der Waals surface area contributed by atoms with Crippen molar-refractivity contribution in [3.63, 3.8) is 0 Å². The van der Waals surface area contributed by atoms with Gasteiger partial charge in [0, 0.05) is 18.8 Å². The van der Waals surface area contributed by atoms with Gasteiger partial charge < -0.3 is 9.42 Å². The van der Waals surface area contributed by atoms with Crippen LogP contribution < -0.4 is 0 Å². The lowest BCUT2D eigenvalue weighted by Crippen LogP contribution is -2.29. The molecule has 1 fully saturated rings. The van der Waals surface area contributed by atoms with E-state index in [1.165, 1.54) is 11.5 Å². The maximum absolute atomic E-state index is 12.8. The number of nitrogens with zero attached hydrogens (tertiary/aromatic N) is 6. The molecule has 146 valence electrons. The lowest BCUT2D eigenvalue weighted by molar-refractivity contribution is 0.0790. The largest absolute Gasteiger partial charge is 0.361 e. The molecule has 0 aromatic carbocycles. The van der Waals surface area contributed by atoms with Crippen LogP contribution in [0.3, 0.4) is 0 Å². The molecule has 1 amide bonds. The summed E-state index contributed by atoms with van der Waals surface area (Å²) in [5.41, 5.74) is 4.34. The number of carbonyl (C=O) groups excluding carboxylic acids is 1. The van der Waals surface area contributed by atoms with Crippen molar-refractivity contribution in [2.75, 3.05) is 13.1 Å². The fourth-order valence-corrected chi connectivity index (χ4v) is 4.44. The van der Waals surface area contributed by atoms with Crippen LogP contribution in [0.4, 0.5) is 0 Å². The molecule has 1 aliphatic rings. The van der Waals surface area contributed by atoms with Gasteiger partial charge in [-0.3, -0.25) is 4.79 Å². The number of rotatable bonds is 5. The van der Waals surface area contributed by atoms with Crippen molar-refractivity contribution < 1.29 is 9.32 Å². The molecular formula is C19H22N6O2S. The zero-order valence-electron chi connectivity index (χ0n) is 16.2. The zero-order chi connectivity index (χ0) is 19.7. The highest BCUT2D eigenvalue weighted by Gasteiger charge is 2.30. The van der Waals surface area contributed by atoms with Crippen molar-refractivity contribution in [1.29, 1.82) is 0 Å². The van der Waals surface area contributed by atoms with E-state index in [2.05, 4.69) is 24.7 Å². The fourth-order valence-electron chi connectivity index (χ4n) is 3.72. The molecule has 0 spiro atoms. The van der Waals surface area contributed by atoms with Crippen molar-refractivity contribution in [2.45, 2.75) is 40.0 Å². The molecule has 28 heavy (non-hydrogen) atoms. The van der Waals surface area contributed by atoms with Gasteiger partial charge in [0.05, 0.1) is 22.6 Å². The Balaban J connectivity index is 1.45. The van der Waals surface area contributed by atoms with E-state index in [9.17, 15) is 4.79 Å². The molecule has 4 rings (SSSR count). The summed E-state index contributed by atoms with van der Waals surface area (Å²) >= 11 is 1.19. The molecule has 1 saturated heterocycles. The van der Waals surface area contributed by atoms with E-state index in [-0.39, 0.29) is 5.91 Å². The first kappa shape index (κ1) is 18.7. The third-order valence-electron chi connectivity index (χ3n) is 5.17. The molecule has 8 nitrogen and oxygen atoms in total. The first-order valence-electron chi connectivity index (χ1n) is 9.41. The second kappa shape index (κ2) is 7.75. The fraction of sp³-hybridized carbons (Fsp3) is 0.474. The van der Waals surface area contributed by atoms with Gasteiger partial charge in [0.2, 0.25) is 0 Å². The zero-order valence-corrected chi connectivity index (χ0v) is 17.0. The summed E-state index contributed by atoms with van der Waals surface area (Å²) in [6, 6.07) is 2.00. The normalized spacial score (nSPS) is 16.7. The van der Waals surface area contributed by atoms with Gasteiger partial charge in [0.1, 0.15) is 17.0 Å². The van der Waals surface area contributed by atoms with E-state index in [1.54, 1.807) is 6.33 Å². The van der Waals surface area contributed by atoms with E-state index in [1.807, 2.05) is 31.7 Å². The first-order valence-corrected chi connectivity index (χ1v) is 10.2. The molecule has 0 aliphatic carbocycles. The van der Waals surface area contributed by atoms with Crippen LogP contribution >= 0.6 is 11.5 Å². The first-order chi connectivity index (χ1) is 13.6. The summed E-state index contributed by atoms with van der Waals surface area (Å²) < 4.78 is 9.19. The third-order valence-corrected chi connectivity index (χ3v) is 5.93. The van der Waals surface area contributed by atoms with Crippen LogP contribution in [0, 0.1) is 19.8 Å². The van der Waals surface area contributed by atoms with E-state index >= 15 is 0 Å². The molecule has 0 bridgehead atoms. The van der Waals surface area contributed by atoms with Gasteiger partial charge in [-0.05, 0) is 56.6 Å². The average Bonchev–Trinajstić information content (AvgIpc) is 3.42. The maximum Gasteiger partial charge on any atom is 0.267 e. The Hall–Kier alpha value is -2.68. The van der Waals surface area contributed by atoms with Gasteiger partial charge in [-0.25, -0.2) is 9.97 Å². The molecule has 3 aromatic heterocycles. The molecule has 0 N–H and O–H groups in total. The summed E-state index contributed by atoms with van der Waals surface area (Å²) in [4.78, 5) is 24.2. The smallest absolute Gasteiger partial charge is 0.267 e. The van der Waals surface area contributed by atoms with Crippen LogP contribution in [0.1, 0.15) is 45.9 Å². The summed E-state index contributed by atoms with van der Waals surface area (Å²) in [6.45, 7) is 7.27. The van der Waals surface area contributed by atoms with Crippen LogP contribution in [0.5, 0.6) is 0 Å². The van der Waals surface area contributed by atoms with Crippen LogP contribution in [0.15, 0.2) is 16.9 Å². The SMILES string of the molecule is CCc1nnsc1C(=O)N1CC[C@@H](Cc2cc(-c3c(C)noc3C)ncn2)C1. The molecule has 9 heteroatoms. The van der Waals surface area contributed by atoms with Crippen molar-refractivity contribution in [3.8, 4) is 11.3 Å². The Kier molecular flexibility index (Phi) is 5.17. The minimum absolute atomic E-state index is 0.0495. The Bertz CT molecular complexity index is 978. The lowest BCUT2D eigenvalue weighted by Gasteiger charge is -2.15. The topological polar surface area (TPSA) is 97.9 Å². The number of aryl methyl sites for hydroxylation is 3. The van der Waals surface area contributed by atoms with Crippen LogP contribution in [-0.2, 0) is 12.8 Å². The molecule has 0 unspecified atom stereocenters. The Morgan fingerprint density at radius 3 is 2.96 bits per heavy atom. The Labute approximate surface area is 167 Å². The van der Waals surface area contributed by atoms with Crippen molar-refractivity contribution in [3.05, 3.63) is 40.1 Å². The molecule has 1 atom stereocenters. The van der Waals surface area contributed by atoms with Crippen molar-refractivity contribution in [2.24, 2.45) is 5.92 Å². The second-order valence-electron chi connectivity index (χ2n) is 7.11. The Morgan fingerprint density at radius 2 is 2.21 bits per heavy atom. The number of hydrogen-bond acceptors (Lipinski definition) is 8. The summed E-state index contributed by atoms with van der Waals surface area (Å²) in [6.07, 6.45) is 4.08. The van der Waals surface area contributed by atoms with Gasteiger partial charge >= 0.3 is 0 Å². The highest BCUT2D eigenvalue weighted by Crippen LogP contribution is 2.27. The minimum Gasteiger partial charge on any atom is -0.361 e. The van der Waals surface area contributed by atoms with Crippen LogP contribution in [0.2, 0.25) is 0 Å². The van der Waals surface area contributed by atoms with Gasteiger partial charge in [-0.1, -0.05) is 16.6 Å². The molecule has 1 aliphatic heterocycles. The molecule has 0 radical (unpaired) electrons. The summed E-state index contributed by atoms with van der Waals surface area (Å²) in [5, 5.41) is 8.06. The molecule has 4 heterocycles. The summed E-state index contributed by atoms with van der Waals surface area (Å²) in [7, 11) is 0. The van der Waals surface area contributed by atoms with Gasteiger partial charge in [0.15, 0.2) is 0 Å². The molecule has 0 saturated carbocycles. The minimum atomic E-state index is 0.0495. The maximum atomic E-state index is 12.8. The van der Waals surface area contributed by atoms with Crippen molar-refractivity contribution in [1.82, 2.24) is 29.6 Å². The summed E-state index contributed by atoms with van der Waals surface area (Å²) in [5.74, 6) is 1.18. The van der Waals surface area contributed by atoms with E-state index in [0.717, 1.165) is 66.5 Å². The average molecular weight is 398 g/mol. The lowest BCUT2D eigenvalue weighted by atomic mass is 10.0. The van der Waals surface area contributed by atoms with E-state index in [4.69, 9.17) is 4.52 Å². The molecular weight excluding hydrogens is 376 g/mol. The second-order valence-corrected chi connectivity index (χ2v) is 7.86. The standard InChI is InChI=1S/C19H22N6O2S/c1-4-15-18(28-24-22-15)19(26)25-6-5-13(9-25)7-14-8-16(21-10-20-14)17-11(2)23-27-12(17)3/h8,10,13H,4-7,9H2,1-3H3/t13-/m0/s1. The number of hydrogen-bond donors (Lipinski definition) is 0. The highest BCUT2D eigenvalue weighted by molar-refractivity contribution is 7.08. The molecule has 3 aromatic rings.